The number of likely N-dealkylation sites (tertiary alicyclic amines) is 1. The van der Waals surface area contributed by atoms with Gasteiger partial charge in [-0.2, -0.15) is 0 Å². The van der Waals surface area contributed by atoms with E-state index in [1.807, 2.05) is 0 Å². The number of likely N-dealkylation sites (N-methyl/N-ethyl adjacent to an activating group) is 1. The minimum Gasteiger partial charge on any atom is -0.311 e. The van der Waals surface area contributed by atoms with Crippen molar-refractivity contribution in [3.05, 3.63) is 0 Å². The third kappa shape index (κ3) is 7.12. The topological polar surface area (TPSA) is 18.5 Å². The second-order valence-corrected chi connectivity index (χ2v) is 8.10. The summed E-state index contributed by atoms with van der Waals surface area (Å²) in [4.78, 5) is 5.17. The SMILES string of the molecule is CCC(CC)(CNC(C)(C)C)CN(C)CCN1CCCC1. The van der Waals surface area contributed by atoms with E-state index in [-0.39, 0.29) is 5.54 Å². The molecule has 1 aliphatic rings. The van der Waals surface area contributed by atoms with Crippen molar-refractivity contribution in [1.29, 1.82) is 0 Å². The molecule has 21 heavy (non-hydrogen) atoms. The molecule has 0 aliphatic carbocycles. The molecule has 0 amide bonds. The molecule has 0 radical (unpaired) electrons. The van der Waals surface area contributed by atoms with Crippen molar-refractivity contribution in [1.82, 2.24) is 15.1 Å². The lowest BCUT2D eigenvalue weighted by Gasteiger charge is -2.38. The van der Waals surface area contributed by atoms with E-state index in [0.717, 1.165) is 6.54 Å². The number of nitrogens with one attached hydrogen (secondary N) is 1. The molecular weight excluding hydrogens is 258 g/mol. The van der Waals surface area contributed by atoms with Crippen LogP contribution in [0.25, 0.3) is 0 Å². The normalized spacial score (nSPS) is 17.9. The zero-order valence-corrected chi connectivity index (χ0v) is 15.5. The Morgan fingerprint density at radius 2 is 1.62 bits per heavy atom. The molecule has 1 heterocycles. The first-order valence-electron chi connectivity index (χ1n) is 8.96. The van der Waals surface area contributed by atoms with Crippen LogP contribution in [0.15, 0.2) is 0 Å². The Bertz CT molecular complexity index is 273. The molecule has 3 nitrogen and oxygen atoms in total. The molecule has 126 valence electrons. The van der Waals surface area contributed by atoms with Crippen LogP contribution < -0.4 is 5.32 Å². The average molecular weight is 298 g/mol. The lowest BCUT2D eigenvalue weighted by molar-refractivity contribution is 0.135. The van der Waals surface area contributed by atoms with Gasteiger partial charge in [0.1, 0.15) is 0 Å². The molecule has 0 unspecified atom stereocenters. The fraction of sp³-hybridized carbons (Fsp3) is 1.00. The molecule has 0 atom stereocenters. The van der Waals surface area contributed by atoms with Crippen LogP contribution >= 0.6 is 0 Å². The zero-order chi connectivity index (χ0) is 15.9. The van der Waals surface area contributed by atoms with Crippen LogP contribution in [0.3, 0.4) is 0 Å². The summed E-state index contributed by atoms with van der Waals surface area (Å²) in [5.74, 6) is 0. The van der Waals surface area contributed by atoms with Crippen LogP contribution in [0.1, 0.15) is 60.3 Å². The molecule has 0 aromatic rings. The second kappa shape index (κ2) is 8.50. The summed E-state index contributed by atoms with van der Waals surface area (Å²) >= 11 is 0. The lowest BCUT2D eigenvalue weighted by Crippen LogP contribution is -2.48. The molecular formula is C18H39N3. The van der Waals surface area contributed by atoms with Crippen LogP contribution in [0.5, 0.6) is 0 Å². The van der Waals surface area contributed by atoms with E-state index in [1.54, 1.807) is 0 Å². The summed E-state index contributed by atoms with van der Waals surface area (Å²) in [5, 5.41) is 3.73. The first-order valence-corrected chi connectivity index (χ1v) is 8.96. The smallest absolute Gasteiger partial charge is 0.0109 e. The monoisotopic (exact) mass is 297 g/mol. The maximum Gasteiger partial charge on any atom is 0.0109 e. The maximum atomic E-state index is 3.73. The molecule has 0 aromatic heterocycles. The number of hydrogen-bond donors (Lipinski definition) is 1. The van der Waals surface area contributed by atoms with Gasteiger partial charge in [0.2, 0.25) is 0 Å². The first-order chi connectivity index (χ1) is 9.80. The molecule has 3 heteroatoms. The molecule has 0 spiro atoms. The Kier molecular flexibility index (Phi) is 7.66. The Balaban J connectivity index is 2.43. The van der Waals surface area contributed by atoms with E-state index in [2.05, 4.69) is 56.8 Å². The minimum absolute atomic E-state index is 0.212. The first kappa shape index (κ1) is 18.9. The largest absolute Gasteiger partial charge is 0.311 e. The Morgan fingerprint density at radius 3 is 2.10 bits per heavy atom. The predicted molar refractivity (Wildman–Crippen MR) is 93.9 cm³/mol. The standard InChI is InChI=1S/C18H39N3/c1-7-18(8-2,15-19-17(3,4)5)16-20(6)13-14-21-11-9-10-12-21/h19H,7-16H2,1-6H3. The molecule has 1 rings (SSSR count). The molecule has 0 aromatic carbocycles. The highest BCUT2D eigenvalue weighted by molar-refractivity contribution is 4.85. The van der Waals surface area contributed by atoms with E-state index in [9.17, 15) is 0 Å². The predicted octanol–water partition coefficient (Wildman–Crippen LogP) is 3.21. The summed E-state index contributed by atoms with van der Waals surface area (Å²) in [5.41, 5.74) is 0.622. The Labute approximate surface area is 133 Å². The maximum absolute atomic E-state index is 3.73. The number of hydrogen-bond acceptors (Lipinski definition) is 3. The number of nitrogens with zero attached hydrogens (tertiary/aromatic N) is 2. The van der Waals surface area contributed by atoms with E-state index in [0.29, 0.717) is 5.41 Å². The summed E-state index contributed by atoms with van der Waals surface area (Å²) < 4.78 is 0. The van der Waals surface area contributed by atoms with Gasteiger partial charge in [-0.25, -0.2) is 0 Å². The van der Waals surface area contributed by atoms with E-state index >= 15 is 0 Å². The lowest BCUT2D eigenvalue weighted by atomic mass is 9.81. The van der Waals surface area contributed by atoms with Gasteiger partial charge in [-0.3, -0.25) is 0 Å². The highest BCUT2D eigenvalue weighted by Gasteiger charge is 2.29. The quantitative estimate of drug-likeness (QED) is 0.705. The van der Waals surface area contributed by atoms with Gasteiger partial charge in [-0.15, -0.1) is 0 Å². The molecule has 1 fully saturated rings. The molecule has 1 saturated heterocycles. The van der Waals surface area contributed by atoms with Gasteiger partial charge in [0.25, 0.3) is 0 Å². The van der Waals surface area contributed by atoms with Gasteiger partial charge in [-0.1, -0.05) is 13.8 Å². The van der Waals surface area contributed by atoms with Crippen molar-refractivity contribution >= 4 is 0 Å². The molecule has 1 N–H and O–H groups in total. The van der Waals surface area contributed by atoms with Crippen molar-refractivity contribution in [3.8, 4) is 0 Å². The fourth-order valence-electron chi connectivity index (χ4n) is 3.20. The zero-order valence-electron chi connectivity index (χ0n) is 15.5. The molecule has 1 aliphatic heterocycles. The summed E-state index contributed by atoms with van der Waals surface area (Å²) in [6.45, 7) is 18.9. The van der Waals surface area contributed by atoms with Gasteiger partial charge in [0, 0.05) is 31.7 Å². The van der Waals surface area contributed by atoms with Gasteiger partial charge in [-0.05, 0) is 72.0 Å². The van der Waals surface area contributed by atoms with Crippen molar-refractivity contribution in [2.75, 3.05) is 46.3 Å². The van der Waals surface area contributed by atoms with Crippen LogP contribution in [-0.4, -0.2) is 61.7 Å². The molecule has 0 bridgehead atoms. The highest BCUT2D eigenvalue weighted by Crippen LogP contribution is 2.27. The van der Waals surface area contributed by atoms with Crippen molar-refractivity contribution in [2.45, 2.75) is 65.8 Å². The third-order valence-electron chi connectivity index (χ3n) is 5.10. The third-order valence-corrected chi connectivity index (χ3v) is 5.10. The Morgan fingerprint density at radius 1 is 1.05 bits per heavy atom. The average Bonchev–Trinajstić information content (AvgIpc) is 2.94. The van der Waals surface area contributed by atoms with Gasteiger partial charge in [0.15, 0.2) is 0 Å². The second-order valence-electron chi connectivity index (χ2n) is 8.10. The van der Waals surface area contributed by atoms with Crippen molar-refractivity contribution < 1.29 is 0 Å². The van der Waals surface area contributed by atoms with Crippen molar-refractivity contribution in [2.24, 2.45) is 5.41 Å². The van der Waals surface area contributed by atoms with Crippen LogP contribution in [0.2, 0.25) is 0 Å². The van der Waals surface area contributed by atoms with E-state index in [1.165, 1.54) is 58.4 Å². The van der Waals surface area contributed by atoms with Crippen LogP contribution in [0.4, 0.5) is 0 Å². The van der Waals surface area contributed by atoms with Gasteiger partial charge < -0.3 is 15.1 Å². The van der Waals surface area contributed by atoms with Gasteiger partial charge in [0.05, 0.1) is 0 Å². The van der Waals surface area contributed by atoms with Crippen LogP contribution in [0, 0.1) is 5.41 Å². The van der Waals surface area contributed by atoms with Crippen molar-refractivity contribution in [3.63, 3.8) is 0 Å². The van der Waals surface area contributed by atoms with E-state index < -0.39 is 0 Å². The Hall–Kier alpha value is -0.120. The minimum atomic E-state index is 0.212. The van der Waals surface area contributed by atoms with E-state index in [4.69, 9.17) is 0 Å². The summed E-state index contributed by atoms with van der Waals surface area (Å²) in [6.07, 6.45) is 5.29. The van der Waals surface area contributed by atoms with Crippen LogP contribution in [-0.2, 0) is 0 Å². The highest BCUT2D eigenvalue weighted by atomic mass is 15.2. The number of rotatable bonds is 9. The van der Waals surface area contributed by atoms with Gasteiger partial charge >= 0.3 is 0 Å². The summed E-state index contributed by atoms with van der Waals surface area (Å²) in [6, 6.07) is 0. The fourth-order valence-corrected chi connectivity index (χ4v) is 3.20. The summed E-state index contributed by atoms with van der Waals surface area (Å²) in [7, 11) is 2.30. The molecule has 0 saturated carbocycles.